The molecule has 0 saturated carbocycles. The molecule has 1 aliphatic rings. The summed E-state index contributed by atoms with van der Waals surface area (Å²) in [5.74, 6) is 0. The fourth-order valence-corrected chi connectivity index (χ4v) is 1.16. The van der Waals surface area contributed by atoms with Crippen LogP contribution in [0.2, 0.25) is 0 Å². The Labute approximate surface area is 71.8 Å². The zero-order valence-electron chi connectivity index (χ0n) is 6.68. The van der Waals surface area contributed by atoms with Crippen LogP contribution in [0.15, 0.2) is 24.4 Å². The molecule has 3 nitrogen and oxygen atoms in total. The zero-order chi connectivity index (χ0) is 8.23. The SMILES string of the molecule is [CH]1OCC[N]C1c1ccccn1. The maximum atomic E-state index is 5.18. The number of rotatable bonds is 1. The van der Waals surface area contributed by atoms with Crippen LogP contribution in [-0.4, -0.2) is 18.1 Å². The van der Waals surface area contributed by atoms with Gasteiger partial charge in [0.05, 0.1) is 18.3 Å². The highest BCUT2D eigenvalue weighted by atomic mass is 16.5. The van der Waals surface area contributed by atoms with Gasteiger partial charge in [-0.2, -0.15) is 0 Å². The van der Waals surface area contributed by atoms with Gasteiger partial charge in [-0.05, 0) is 12.1 Å². The van der Waals surface area contributed by atoms with Crippen molar-refractivity contribution < 1.29 is 4.74 Å². The van der Waals surface area contributed by atoms with Crippen LogP contribution in [0.25, 0.3) is 0 Å². The first kappa shape index (κ1) is 7.71. The minimum absolute atomic E-state index is 0.0277. The van der Waals surface area contributed by atoms with Gasteiger partial charge >= 0.3 is 0 Å². The number of hydrogen-bond donors (Lipinski definition) is 0. The Morgan fingerprint density at radius 3 is 3.08 bits per heavy atom. The molecule has 12 heavy (non-hydrogen) atoms. The number of nitrogens with zero attached hydrogens (tertiary/aromatic N) is 2. The molecule has 0 bridgehead atoms. The second kappa shape index (κ2) is 3.65. The largest absolute Gasteiger partial charge is 0.372 e. The zero-order valence-corrected chi connectivity index (χ0v) is 6.68. The van der Waals surface area contributed by atoms with Gasteiger partial charge in [-0.25, -0.2) is 5.32 Å². The lowest BCUT2D eigenvalue weighted by Crippen LogP contribution is -2.26. The van der Waals surface area contributed by atoms with Crippen molar-refractivity contribution >= 4 is 0 Å². The third kappa shape index (κ3) is 1.62. The van der Waals surface area contributed by atoms with E-state index in [1.165, 1.54) is 0 Å². The Hall–Kier alpha value is -0.930. The molecular weight excluding hydrogens is 152 g/mol. The molecule has 0 aromatic carbocycles. The van der Waals surface area contributed by atoms with Crippen LogP contribution >= 0.6 is 0 Å². The lowest BCUT2D eigenvalue weighted by Gasteiger charge is -2.20. The van der Waals surface area contributed by atoms with Gasteiger partial charge in [0.2, 0.25) is 0 Å². The molecule has 62 valence electrons. The Kier molecular flexibility index (Phi) is 2.34. The third-order valence-electron chi connectivity index (χ3n) is 1.75. The van der Waals surface area contributed by atoms with E-state index in [0.717, 1.165) is 12.2 Å². The van der Waals surface area contributed by atoms with E-state index in [4.69, 9.17) is 4.74 Å². The number of morpholine rings is 1. The van der Waals surface area contributed by atoms with E-state index >= 15 is 0 Å². The number of hydrogen-bond acceptors (Lipinski definition) is 2. The molecule has 1 aromatic rings. The molecule has 1 atom stereocenters. The summed E-state index contributed by atoms with van der Waals surface area (Å²) in [5.41, 5.74) is 0.956. The molecule has 1 unspecified atom stereocenters. The van der Waals surface area contributed by atoms with Crippen LogP contribution < -0.4 is 5.32 Å². The molecule has 3 heteroatoms. The van der Waals surface area contributed by atoms with E-state index in [2.05, 4.69) is 10.3 Å². The van der Waals surface area contributed by atoms with Crippen molar-refractivity contribution in [2.75, 3.05) is 13.2 Å². The topological polar surface area (TPSA) is 36.2 Å². The molecular formula is C9H10N2O. The summed E-state index contributed by atoms with van der Waals surface area (Å²) in [7, 11) is 0. The number of pyridine rings is 1. The maximum absolute atomic E-state index is 5.18. The van der Waals surface area contributed by atoms with Crippen LogP contribution in [0.3, 0.4) is 0 Å². The van der Waals surface area contributed by atoms with E-state index in [0.29, 0.717) is 6.61 Å². The van der Waals surface area contributed by atoms with Crippen LogP contribution in [0.5, 0.6) is 0 Å². The predicted octanol–water partition coefficient (Wildman–Crippen LogP) is 0.919. The minimum Gasteiger partial charge on any atom is -0.372 e. The fraction of sp³-hybridized carbons (Fsp3) is 0.333. The van der Waals surface area contributed by atoms with Crippen molar-refractivity contribution in [1.29, 1.82) is 0 Å². The average Bonchev–Trinajstić information content (AvgIpc) is 2.21. The Morgan fingerprint density at radius 2 is 2.42 bits per heavy atom. The van der Waals surface area contributed by atoms with E-state index in [1.807, 2.05) is 18.2 Å². The Bertz CT molecular complexity index is 232. The molecule has 0 aliphatic carbocycles. The van der Waals surface area contributed by atoms with E-state index in [1.54, 1.807) is 12.8 Å². The highest BCUT2D eigenvalue weighted by Crippen LogP contribution is 2.16. The summed E-state index contributed by atoms with van der Waals surface area (Å²) in [4.78, 5) is 4.20. The lowest BCUT2D eigenvalue weighted by molar-refractivity contribution is 0.134. The van der Waals surface area contributed by atoms with Crippen molar-refractivity contribution in [2.24, 2.45) is 0 Å². The Balaban J connectivity index is 2.08. The first-order valence-corrected chi connectivity index (χ1v) is 3.99. The van der Waals surface area contributed by atoms with Gasteiger partial charge in [0.15, 0.2) is 0 Å². The minimum atomic E-state index is 0.0277. The highest BCUT2D eigenvalue weighted by molar-refractivity contribution is 5.11. The summed E-state index contributed by atoms with van der Waals surface area (Å²) in [5, 5.41) is 4.36. The van der Waals surface area contributed by atoms with Crippen LogP contribution in [0.1, 0.15) is 11.7 Å². The molecule has 2 heterocycles. The molecule has 1 aromatic heterocycles. The summed E-state index contributed by atoms with van der Waals surface area (Å²) in [6, 6.07) is 5.84. The van der Waals surface area contributed by atoms with Crippen molar-refractivity contribution in [3.05, 3.63) is 36.7 Å². The van der Waals surface area contributed by atoms with Crippen molar-refractivity contribution in [2.45, 2.75) is 6.04 Å². The van der Waals surface area contributed by atoms with Crippen LogP contribution in [-0.2, 0) is 4.74 Å². The van der Waals surface area contributed by atoms with Crippen LogP contribution in [0.4, 0.5) is 0 Å². The van der Waals surface area contributed by atoms with E-state index in [-0.39, 0.29) is 6.04 Å². The number of ether oxygens (including phenoxy) is 1. The van der Waals surface area contributed by atoms with Gasteiger partial charge in [0, 0.05) is 12.7 Å². The summed E-state index contributed by atoms with van der Waals surface area (Å²) >= 11 is 0. The third-order valence-corrected chi connectivity index (χ3v) is 1.75. The molecule has 2 rings (SSSR count). The first-order valence-electron chi connectivity index (χ1n) is 3.99. The van der Waals surface area contributed by atoms with Crippen molar-refractivity contribution in [1.82, 2.24) is 10.3 Å². The molecule has 0 amide bonds. The second-order valence-electron chi connectivity index (χ2n) is 2.61. The molecule has 1 saturated heterocycles. The van der Waals surface area contributed by atoms with Crippen molar-refractivity contribution in [3.8, 4) is 0 Å². The average molecular weight is 162 g/mol. The standard InChI is InChI=1S/C9H10N2O/c1-2-4-10-8(3-1)9-7-12-6-5-11-9/h1-4,7,9H,5-6H2. The maximum Gasteiger partial charge on any atom is 0.108 e. The van der Waals surface area contributed by atoms with Gasteiger partial charge in [0.1, 0.15) is 6.61 Å². The molecule has 1 aliphatic heterocycles. The Morgan fingerprint density at radius 1 is 1.42 bits per heavy atom. The van der Waals surface area contributed by atoms with Crippen LogP contribution in [0, 0.1) is 6.61 Å². The van der Waals surface area contributed by atoms with Gasteiger partial charge in [-0.3, -0.25) is 4.98 Å². The van der Waals surface area contributed by atoms with E-state index < -0.39 is 0 Å². The highest BCUT2D eigenvalue weighted by Gasteiger charge is 2.17. The van der Waals surface area contributed by atoms with Gasteiger partial charge in [0.25, 0.3) is 0 Å². The molecule has 2 radical (unpaired) electrons. The summed E-state index contributed by atoms with van der Waals surface area (Å²) < 4.78 is 5.18. The van der Waals surface area contributed by atoms with Gasteiger partial charge < -0.3 is 4.74 Å². The van der Waals surface area contributed by atoms with Crippen molar-refractivity contribution in [3.63, 3.8) is 0 Å². The van der Waals surface area contributed by atoms with Gasteiger partial charge in [-0.15, -0.1) is 0 Å². The quantitative estimate of drug-likeness (QED) is 0.615. The number of aromatic nitrogens is 1. The molecule has 1 fully saturated rings. The molecule has 0 spiro atoms. The monoisotopic (exact) mass is 162 g/mol. The second-order valence-corrected chi connectivity index (χ2v) is 2.61. The fourth-order valence-electron chi connectivity index (χ4n) is 1.16. The summed E-state index contributed by atoms with van der Waals surface area (Å²) in [6.45, 7) is 3.20. The van der Waals surface area contributed by atoms with Gasteiger partial charge in [-0.1, -0.05) is 6.07 Å². The predicted molar refractivity (Wildman–Crippen MR) is 44.2 cm³/mol. The smallest absolute Gasteiger partial charge is 0.108 e. The lowest BCUT2D eigenvalue weighted by atomic mass is 10.2. The summed E-state index contributed by atoms with van der Waals surface area (Å²) in [6.07, 6.45) is 1.77. The normalized spacial score (nSPS) is 23.8. The first-order chi connectivity index (χ1) is 5.97. The van der Waals surface area contributed by atoms with E-state index in [9.17, 15) is 0 Å². The molecule has 0 N–H and O–H groups in total.